The van der Waals surface area contributed by atoms with Crippen LogP contribution in [-0.4, -0.2) is 34.7 Å². The van der Waals surface area contributed by atoms with Crippen molar-refractivity contribution in [2.75, 3.05) is 6.61 Å². The summed E-state index contributed by atoms with van der Waals surface area (Å²) in [6.07, 6.45) is 1.60. The molecular formula is C14H19NO5. The van der Waals surface area contributed by atoms with Crippen molar-refractivity contribution in [1.29, 1.82) is 0 Å². The van der Waals surface area contributed by atoms with Crippen molar-refractivity contribution in [3.05, 3.63) is 23.8 Å². The van der Waals surface area contributed by atoms with Gasteiger partial charge in [-0.15, -0.1) is 0 Å². The lowest BCUT2D eigenvalue weighted by molar-refractivity contribution is -0.125. The predicted molar refractivity (Wildman–Crippen MR) is 72.6 cm³/mol. The number of carbonyl (C=O) groups excluding carboxylic acids is 2. The zero-order valence-corrected chi connectivity index (χ0v) is 11.5. The predicted octanol–water partition coefficient (Wildman–Crippen LogP) is 1.56. The monoisotopic (exact) mass is 281 g/mol. The number of benzene rings is 1. The SMILES string of the molecule is CCC(CC)NC(=O)COC(=O)c1ccc(O)cc1O. The molecule has 0 aliphatic heterocycles. The van der Waals surface area contributed by atoms with Crippen LogP contribution in [0.15, 0.2) is 18.2 Å². The molecule has 3 N–H and O–H groups in total. The van der Waals surface area contributed by atoms with E-state index in [9.17, 15) is 14.7 Å². The molecule has 0 radical (unpaired) electrons. The van der Waals surface area contributed by atoms with E-state index in [4.69, 9.17) is 9.84 Å². The summed E-state index contributed by atoms with van der Waals surface area (Å²) in [5.41, 5.74) is -0.0990. The van der Waals surface area contributed by atoms with E-state index in [1.165, 1.54) is 12.1 Å². The summed E-state index contributed by atoms with van der Waals surface area (Å²) >= 11 is 0. The maximum Gasteiger partial charge on any atom is 0.342 e. The molecule has 1 aromatic carbocycles. The second-order valence-corrected chi connectivity index (χ2v) is 4.36. The molecule has 0 atom stereocenters. The number of ether oxygens (including phenoxy) is 1. The number of nitrogens with one attached hydrogen (secondary N) is 1. The zero-order chi connectivity index (χ0) is 15.1. The normalized spacial score (nSPS) is 10.3. The van der Waals surface area contributed by atoms with E-state index in [0.717, 1.165) is 18.9 Å². The third-order valence-electron chi connectivity index (χ3n) is 2.89. The van der Waals surface area contributed by atoms with Gasteiger partial charge in [0.2, 0.25) is 0 Å². The highest BCUT2D eigenvalue weighted by atomic mass is 16.5. The Morgan fingerprint density at radius 1 is 1.25 bits per heavy atom. The van der Waals surface area contributed by atoms with Gasteiger partial charge in [0.25, 0.3) is 5.91 Å². The van der Waals surface area contributed by atoms with Crippen LogP contribution in [0, 0.1) is 0 Å². The Hall–Kier alpha value is -2.24. The Bertz CT molecular complexity index is 482. The Balaban J connectivity index is 2.53. The summed E-state index contributed by atoms with van der Waals surface area (Å²) in [4.78, 5) is 23.2. The first-order valence-corrected chi connectivity index (χ1v) is 6.46. The average Bonchev–Trinajstić information content (AvgIpc) is 2.42. The van der Waals surface area contributed by atoms with Crippen molar-refractivity contribution in [3.8, 4) is 11.5 Å². The molecule has 0 spiro atoms. The van der Waals surface area contributed by atoms with Gasteiger partial charge in [0.1, 0.15) is 17.1 Å². The summed E-state index contributed by atoms with van der Waals surface area (Å²) in [5, 5.41) is 21.3. The molecule has 0 aliphatic rings. The Labute approximate surface area is 117 Å². The highest BCUT2D eigenvalue weighted by Crippen LogP contribution is 2.23. The van der Waals surface area contributed by atoms with Crippen molar-refractivity contribution in [1.82, 2.24) is 5.32 Å². The highest BCUT2D eigenvalue weighted by molar-refractivity contribution is 5.94. The third-order valence-corrected chi connectivity index (χ3v) is 2.89. The number of phenolic OH excluding ortho intramolecular Hbond substituents is 2. The number of phenols is 2. The molecule has 6 nitrogen and oxygen atoms in total. The molecule has 110 valence electrons. The van der Waals surface area contributed by atoms with E-state index in [1.54, 1.807) is 0 Å². The summed E-state index contributed by atoms with van der Waals surface area (Å²) in [6.45, 7) is 3.50. The van der Waals surface area contributed by atoms with Gasteiger partial charge in [0.05, 0.1) is 0 Å². The fourth-order valence-corrected chi connectivity index (χ4v) is 1.66. The van der Waals surface area contributed by atoms with Gasteiger partial charge < -0.3 is 20.3 Å². The number of hydrogen-bond acceptors (Lipinski definition) is 5. The van der Waals surface area contributed by atoms with Crippen LogP contribution in [0.2, 0.25) is 0 Å². The lowest BCUT2D eigenvalue weighted by Crippen LogP contribution is -2.36. The highest BCUT2D eigenvalue weighted by Gasteiger charge is 2.15. The van der Waals surface area contributed by atoms with Crippen molar-refractivity contribution in [3.63, 3.8) is 0 Å². The summed E-state index contributed by atoms with van der Waals surface area (Å²) in [7, 11) is 0. The quantitative estimate of drug-likeness (QED) is 0.688. The molecule has 0 bridgehead atoms. The van der Waals surface area contributed by atoms with Crippen LogP contribution < -0.4 is 5.32 Å². The molecule has 0 saturated heterocycles. The second-order valence-electron chi connectivity index (χ2n) is 4.36. The number of amides is 1. The molecule has 0 unspecified atom stereocenters. The maximum atomic E-state index is 11.7. The first kappa shape index (κ1) is 15.8. The lowest BCUT2D eigenvalue weighted by Gasteiger charge is -2.14. The van der Waals surface area contributed by atoms with E-state index in [1.807, 2.05) is 13.8 Å². The molecule has 1 amide bonds. The minimum absolute atomic E-state index is 0.0586. The molecular weight excluding hydrogens is 262 g/mol. The Kier molecular flexibility index (Phi) is 5.83. The smallest absolute Gasteiger partial charge is 0.342 e. The Morgan fingerprint density at radius 3 is 2.45 bits per heavy atom. The van der Waals surface area contributed by atoms with E-state index in [0.29, 0.717) is 0 Å². The van der Waals surface area contributed by atoms with Crippen molar-refractivity contribution < 1.29 is 24.5 Å². The first-order valence-electron chi connectivity index (χ1n) is 6.46. The minimum Gasteiger partial charge on any atom is -0.508 e. The Morgan fingerprint density at radius 2 is 1.90 bits per heavy atom. The number of aromatic hydroxyl groups is 2. The van der Waals surface area contributed by atoms with Crippen LogP contribution in [0.3, 0.4) is 0 Å². The second kappa shape index (κ2) is 7.37. The molecule has 20 heavy (non-hydrogen) atoms. The standard InChI is InChI=1S/C14H19NO5/c1-3-9(4-2)15-13(18)8-20-14(19)11-6-5-10(16)7-12(11)17/h5-7,9,16-17H,3-4,8H2,1-2H3,(H,15,18). The van der Waals surface area contributed by atoms with Crippen LogP contribution in [0.4, 0.5) is 0 Å². The van der Waals surface area contributed by atoms with Crippen LogP contribution >= 0.6 is 0 Å². The van der Waals surface area contributed by atoms with Crippen LogP contribution in [0.5, 0.6) is 11.5 Å². The van der Waals surface area contributed by atoms with Gasteiger partial charge in [-0.05, 0) is 25.0 Å². The van der Waals surface area contributed by atoms with E-state index >= 15 is 0 Å². The number of esters is 1. The summed E-state index contributed by atoms with van der Waals surface area (Å²) in [6, 6.07) is 3.57. The topological polar surface area (TPSA) is 95.9 Å². The van der Waals surface area contributed by atoms with Crippen LogP contribution in [0.1, 0.15) is 37.0 Å². The van der Waals surface area contributed by atoms with Crippen molar-refractivity contribution >= 4 is 11.9 Å². The van der Waals surface area contributed by atoms with E-state index < -0.39 is 18.3 Å². The molecule has 0 aliphatic carbocycles. The molecule has 0 fully saturated rings. The first-order chi connectivity index (χ1) is 9.47. The molecule has 1 rings (SSSR count). The fourth-order valence-electron chi connectivity index (χ4n) is 1.66. The average molecular weight is 281 g/mol. The molecule has 1 aromatic rings. The fraction of sp³-hybridized carbons (Fsp3) is 0.429. The summed E-state index contributed by atoms with van der Waals surface area (Å²) in [5.74, 6) is -1.76. The van der Waals surface area contributed by atoms with Crippen molar-refractivity contribution in [2.24, 2.45) is 0 Å². The molecule has 0 saturated carbocycles. The number of carbonyl (C=O) groups is 2. The van der Waals surface area contributed by atoms with E-state index in [2.05, 4.69) is 5.32 Å². The van der Waals surface area contributed by atoms with Gasteiger partial charge in [0.15, 0.2) is 6.61 Å². The maximum absolute atomic E-state index is 11.7. The van der Waals surface area contributed by atoms with E-state index in [-0.39, 0.29) is 23.3 Å². The third kappa shape index (κ3) is 4.46. The van der Waals surface area contributed by atoms with Crippen LogP contribution in [0.25, 0.3) is 0 Å². The molecule has 6 heteroatoms. The summed E-state index contributed by atoms with van der Waals surface area (Å²) < 4.78 is 4.81. The van der Waals surface area contributed by atoms with Gasteiger partial charge in [0, 0.05) is 12.1 Å². The van der Waals surface area contributed by atoms with Gasteiger partial charge in [-0.2, -0.15) is 0 Å². The largest absolute Gasteiger partial charge is 0.508 e. The number of hydrogen-bond donors (Lipinski definition) is 3. The van der Waals surface area contributed by atoms with Crippen molar-refractivity contribution in [2.45, 2.75) is 32.7 Å². The minimum atomic E-state index is -0.817. The number of rotatable bonds is 6. The van der Waals surface area contributed by atoms with Gasteiger partial charge in [-0.3, -0.25) is 4.79 Å². The van der Waals surface area contributed by atoms with Gasteiger partial charge >= 0.3 is 5.97 Å². The molecule has 0 heterocycles. The lowest BCUT2D eigenvalue weighted by atomic mass is 10.2. The van der Waals surface area contributed by atoms with Gasteiger partial charge in [-0.25, -0.2) is 4.79 Å². The zero-order valence-electron chi connectivity index (χ0n) is 11.5. The van der Waals surface area contributed by atoms with Gasteiger partial charge in [-0.1, -0.05) is 13.8 Å². The van der Waals surface area contributed by atoms with Crippen LogP contribution in [-0.2, 0) is 9.53 Å². The molecule has 0 aromatic heterocycles.